The van der Waals surface area contributed by atoms with Crippen LogP contribution in [0.25, 0.3) is 0 Å². The summed E-state index contributed by atoms with van der Waals surface area (Å²) in [5.41, 5.74) is 2.37. The Labute approximate surface area is 106 Å². The molecular weight excluding hydrogens is 226 g/mol. The summed E-state index contributed by atoms with van der Waals surface area (Å²) in [6.45, 7) is 2.20. The molecule has 2 rings (SSSR count). The molecular formula is C15H13NO2. The van der Waals surface area contributed by atoms with E-state index in [1.165, 1.54) is 0 Å². The van der Waals surface area contributed by atoms with Crippen LogP contribution in [-0.4, -0.2) is 5.11 Å². The van der Waals surface area contributed by atoms with E-state index in [2.05, 4.69) is 6.07 Å². The average molecular weight is 239 g/mol. The maximum absolute atomic E-state index is 9.46. The number of hydrogen-bond donors (Lipinski definition) is 1. The number of phenols is 1. The largest absolute Gasteiger partial charge is 0.508 e. The van der Waals surface area contributed by atoms with E-state index in [0.717, 1.165) is 11.1 Å². The predicted octanol–water partition coefficient (Wildman–Crippen LogP) is 3.15. The van der Waals surface area contributed by atoms with Gasteiger partial charge in [0.15, 0.2) is 0 Å². The zero-order chi connectivity index (χ0) is 13.0. The molecule has 0 saturated carbocycles. The van der Waals surface area contributed by atoms with Crippen molar-refractivity contribution < 1.29 is 9.84 Å². The Balaban J connectivity index is 2.14. The molecule has 0 unspecified atom stereocenters. The number of nitrogens with zero attached hydrogens (tertiary/aromatic N) is 1. The van der Waals surface area contributed by atoms with Gasteiger partial charge in [-0.3, -0.25) is 0 Å². The number of rotatable bonds is 3. The topological polar surface area (TPSA) is 53.2 Å². The van der Waals surface area contributed by atoms with Gasteiger partial charge in [-0.2, -0.15) is 5.26 Å². The lowest BCUT2D eigenvalue weighted by molar-refractivity contribution is 0.304. The van der Waals surface area contributed by atoms with Gasteiger partial charge >= 0.3 is 0 Å². The molecule has 0 aliphatic carbocycles. The third-order valence-electron chi connectivity index (χ3n) is 2.57. The molecule has 0 atom stereocenters. The van der Waals surface area contributed by atoms with Gasteiger partial charge in [0.1, 0.15) is 18.1 Å². The van der Waals surface area contributed by atoms with Crippen molar-refractivity contribution in [2.45, 2.75) is 13.5 Å². The standard InChI is InChI=1S/C15H13NO2/c1-11-6-14(17)8-15(7-11)18-10-13-5-3-2-4-12(13)9-16/h2-8,17H,10H2,1H3. The molecule has 2 aromatic rings. The Hall–Kier alpha value is -2.47. The van der Waals surface area contributed by atoms with Crippen LogP contribution >= 0.6 is 0 Å². The van der Waals surface area contributed by atoms with E-state index >= 15 is 0 Å². The maximum atomic E-state index is 9.46. The van der Waals surface area contributed by atoms with Gasteiger partial charge < -0.3 is 9.84 Å². The fourth-order valence-corrected chi connectivity index (χ4v) is 1.73. The SMILES string of the molecule is Cc1cc(O)cc(OCc2ccccc2C#N)c1. The average Bonchev–Trinajstić information content (AvgIpc) is 2.35. The molecule has 0 fully saturated rings. The van der Waals surface area contributed by atoms with E-state index in [1.807, 2.05) is 31.2 Å². The van der Waals surface area contributed by atoms with Crippen molar-refractivity contribution in [3.05, 3.63) is 59.2 Å². The van der Waals surface area contributed by atoms with Crippen LogP contribution in [-0.2, 0) is 6.61 Å². The molecule has 0 aliphatic heterocycles. The van der Waals surface area contributed by atoms with Crippen molar-refractivity contribution >= 4 is 0 Å². The number of ether oxygens (including phenoxy) is 1. The van der Waals surface area contributed by atoms with Crippen molar-refractivity contribution in [2.24, 2.45) is 0 Å². The van der Waals surface area contributed by atoms with Crippen LogP contribution in [0.1, 0.15) is 16.7 Å². The van der Waals surface area contributed by atoms with Crippen molar-refractivity contribution in [3.8, 4) is 17.6 Å². The zero-order valence-corrected chi connectivity index (χ0v) is 10.1. The second-order valence-corrected chi connectivity index (χ2v) is 4.06. The Morgan fingerprint density at radius 3 is 2.72 bits per heavy atom. The van der Waals surface area contributed by atoms with E-state index in [-0.39, 0.29) is 5.75 Å². The number of aromatic hydroxyl groups is 1. The molecule has 90 valence electrons. The monoisotopic (exact) mass is 239 g/mol. The van der Waals surface area contributed by atoms with E-state index in [4.69, 9.17) is 10.00 Å². The highest BCUT2D eigenvalue weighted by molar-refractivity contribution is 5.39. The Morgan fingerprint density at radius 1 is 1.22 bits per heavy atom. The molecule has 0 saturated heterocycles. The second kappa shape index (κ2) is 5.24. The fraction of sp³-hybridized carbons (Fsp3) is 0.133. The molecule has 0 heterocycles. The highest BCUT2D eigenvalue weighted by Crippen LogP contribution is 2.22. The van der Waals surface area contributed by atoms with Crippen LogP contribution in [0.3, 0.4) is 0 Å². The molecule has 18 heavy (non-hydrogen) atoms. The number of phenolic OH excluding ortho intramolecular Hbond substituents is 1. The van der Waals surface area contributed by atoms with Crippen molar-refractivity contribution in [1.29, 1.82) is 5.26 Å². The first kappa shape index (κ1) is 12.0. The van der Waals surface area contributed by atoms with Gasteiger partial charge in [-0.05, 0) is 30.7 Å². The first-order valence-corrected chi connectivity index (χ1v) is 5.60. The Morgan fingerprint density at radius 2 is 2.00 bits per heavy atom. The molecule has 0 aromatic heterocycles. The zero-order valence-electron chi connectivity index (χ0n) is 10.1. The molecule has 0 bridgehead atoms. The third-order valence-corrected chi connectivity index (χ3v) is 2.57. The van der Waals surface area contributed by atoms with Crippen LogP contribution in [0.5, 0.6) is 11.5 Å². The van der Waals surface area contributed by atoms with Crippen molar-refractivity contribution in [1.82, 2.24) is 0 Å². The quantitative estimate of drug-likeness (QED) is 0.895. The maximum Gasteiger partial charge on any atom is 0.123 e. The lowest BCUT2D eigenvalue weighted by atomic mass is 10.1. The van der Waals surface area contributed by atoms with Gasteiger partial charge in [0.25, 0.3) is 0 Å². The molecule has 2 aromatic carbocycles. The molecule has 0 amide bonds. The minimum atomic E-state index is 0.179. The van der Waals surface area contributed by atoms with Gasteiger partial charge in [0.05, 0.1) is 11.6 Å². The highest BCUT2D eigenvalue weighted by atomic mass is 16.5. The van der Waals surface area contributed by atoms with Gasteiger partial charge in [-0.1, -0.05) is 18.2 Å². The number of nitriles is 1. The number of benzene rings is 2. The van der Waals surface area contributed by atoms with Gasteiger partial charge in [-0.25, -0.2) is 0 Å². The summed E-state index contributed by atoms with van der Waals surface area (Å²) in [6, 6.07) is 14.5. The van der Waals surface area contributed by atoms with E-state index in [0.29, 0.717) is 17.9 Å². The van der Waals surface area contributed by atoms with Gasteiger partial charge in [0.2, 0.25) is 0 Å². The molecule has 0 radical (unpaired) electrons. The molecule has 3 nitrogen and oxygen atoms in total. The predicted molar refractivity (Wildman–Crippen MR) is 68.3 cm³/mol. The molecule has 0 aliphatic rings. The highest BCUT2D eigenvalue weighted by Gasteiger charge is 2.03. The van der Waals surface area contributed by atoms with Crippen LogP contribution in [0.15, 0.2) is 42.5 Å². The first-order chi connectivity index (χ1) is 8.69. The Bertz CT molecular complexity index is 579. The lowest BCUT2D eigenvalue weighted by Crippen LogP contribution is -1.98. The summed E-state index contributed by atoms with van der Waals surface area (Å²) in [5.74, 6) is 0.777. The number of aryl methyl sites for hydroxylation is 1. The van der Waals surface area contributed by atoms with E-state index in [9.17, 15) is 5.11 Å². The summed E-state index contributed by atoms with van der Waals surface area (Å²) in [6.07, 6.45) is 0. The van der Waals surface area contributed by atoms with Crippen LogP contribution in [0.4, 0.5) is 0 Å². The lowest BCUT2D eigenvalue weighted by Gasteiger charge is -2.08. The van der Waals surface area contributed by atoms with Crippen LogP contribution < -0.4 is 4.74 Å². The smallest absolute Gasteiger partial charge is 0.123 e. The molecule has 0 spiro atoms. The molecule has 3 heteroatoms. The minimum absolute atomic E-state index is 0.179. The van der Waals surface area contributed by atoms with Crippen molar-refractivity contribution in [3.63, 3.8) is 0 Å². The van der Waals surface area contributed by atoms with Crippen molar-refractivity contribution in [2.75, 3.05) is 0 Å². The summed E-state index contributed by atoms with van der Waals surface area (Å²) in [7, 11) is 0. The minimum Gasteiger partial charge on any atom is -0.508 e. The third kappa shape index (κ3) is 2.80. The normalized spacial score (nSPS) is 9.78. The first-order valence-electron chi connectivity index (χ1n) is 5.60. The summed E-state index contributed by atoms with van der Waals surface area (Å²) in [5, 5.41) is 18.4. The van der Waals surface area contributed by atoms with Crippen LogP contribution in [0.2, 0.25) is 0 Å². The van der Waals surface area contributed by atoms with Gasteiger partial charge in [0, 0.05) is 11.6 Å². The van der Waals surface area contributed by atoms with E-state index < -0.39 is 0 Å². The molecule has 1 N–H and O–H groups in total. The second-order valence-electron chi connectivity index (χ2n) is 4.06. The van der Waals surface area contributed by atoms with E-state index in [1.54, 1.807) is 18.2 Å². The summed E-state index contributed by atoms with van der Waals surface area (Å²) < 4.78 is 5.59. The number of hydrogen-bond acceptors (Lipinski definition) is 3. The Kier molecular flexibility index (Phi) is 3.49. The van der Waals surface area contributed by atoms with Gasteiger partial charge in [-0.15, -0.1) is 0 Å². The summed E-state index contributed by atoms with van der Waals surface area (Å²) >= 11 is 0. The summed E-state index contributed by atoms with van der Waals surface area (Å²) in [4.78, 5) is 0. The van der Waals surface area contributed by atoms with Crippen LogP contribution in [0, 0.1) is 18.3 Å². The fourth-order valence-electron chi connectivity index (χ4n) is 1.73.